The van der Waals surface area contributed by atoms with Crippen molar-refractivity contribution in [3.8, 4) is 11.5 Å². The predicted molar refractivity (Wildman–Crippen MR) is 75.2 cm³/mol. The van der Waals surface area contributed by atoms with E-state index in [9.17, 15) is 10.1 Å². The molecule has 0 aliphatic rings. The zero-order valence-corrected chi connectivity index (χ0v) is 11.5. The van der Waals surface area contributed by atoms with Gasteiger partial charge in [0.1, 0.15) is 11.5 Å². The summed E-state index contributed by atoms with van der Waals surface area (Å²) in [6.45, 7) is 0.429. The van der Waals surface area contributed by atoms with E-state index in [1.54, 1.807) is 12.1 Å². The molecule has 0 atom stereocenters. The maximum Gasteiger partial charge on any atom is 0.270 e. The van der Waals surface area contributed by atoms with Gasteiger partial charge in [-0.3, -0.25) is 10.1 Å². The van der Waals surface area contributed by atoms with Crippen molar-refractivity contribution in [3.05, 3.63) is 62.6 Å². The molecule has 2 aromatic carbocycles. The van der Waals surface area contributed by atoms with Crippen molar-refractivity contribution < 1.29 is 9.66 Å². The standard InChI is InChI=1S/C13H11BrN2O3/c14-12-7-10(16(17)18)4-5-13(12)19-11-3-1-2-9(6-11)8-15/h1-7H,8,15H2. The summed E-state index contributed by atoms with van der Waals surface area (Å²) >= 11 is 3.25. The molecule has 2 N–H and O–H groups in total. The highest BCUT2D eigenvalue weighted by Gasteiger charge is 2.10. The lowest BCUT2D eigenvalue weighted by Gasteiger charge is -2.08. The van der Waals surface area contributed by atoms with E-state index in [2.05, 4.69) is 15.9 Å². The van der Waals surface area contributed by atoms with Crippen LogP contribution in [0.25, 0.3) is 0 Å². The molecule has 0 spiro atoms. The minimum atomic E-state index is -0.455. The van der Waals surface area contributed by atoms with Crippen molar-refractivity contribution in [2.45, 2.75) is 6.54 Å². The van der Waals surface area contributed by atoms with E-state index in [1.165, 1.54) is 12.1 Å². The summed E-state index contributed by atoms with van der Waals surface area (Å²) in [4.78, 5) is 10.2. The molecule has 0 amide bonds. The number of benzene rings is 2. The number of hydrogen-bond acceptors (Lipinski definition) is 4. The topological polar surface area (TPSA) is 78.4 Å². The lowest BCUT2D eigenvalue weighted by Crippen LogP contribution is -1.96. The Kier molecular flexibility index (Phi) is 4.13. The number of nitrogens with two attached hydrogens (primary N) is 1. The second-order valence-corrected chi connectivity index (χ2v) is 4.68. The maximum atomic E-state index is 10.6. The van der Waals surface area contributed by atoms with E-state index >= 15 is 0 Å². The number of non-ortho nitro benzene ring substituents is 1. The summed E-state index contributed by atoms with van der Waals surface area (Å²) in [6.07, 6.45) is 0. The van der Waals surface area contributed by atoms with E-state index in [-0.39, 0.29) is 5.69 Å². The molecule has 19 heavy (non-hydrogen) atoms. The fourth-order valence-corrected chi connectivity index (χ4v) is 2.00. The van der Waals surface area contributed by atoms with Crippen LogP contribution in [0.3, 0.4) is 0 Å². The SMILES string of the molecule is NCc1cccc(Oc2ccc([N+](=O)[O-])cc2Br)c1. The Morgan fingerprint density at radius 3 is 2.68 bits per heavy atom. The van der Waals surface area contributed by atoms with E-state index in [0.29, 0.717) is 22.5 Å². The highest BCUT2D eigenvalue weighted by molar-refractivity contribution is 9.10. The smallest absolute Gasteiger partial charge is 0.270 e. The maximum absolute atomic E-state index is 10.6. The van der Waals surface area contributed by atoms with Crippen molar-refractivity contribution in [1.82, 2.24) is 0 Å². The number of hydrogen-bond donors (Lipinski definition) is 1. The molecule has 0 aromatic heterocycles. The number of nitro benzene ring substituents is 1. The molecule has 2 aromatic rings. The van der Waals surface area contributed by atoms with Gasteiger partial charge in [0.05, 0.1) is 9.40 Å². The molecule has 0 aliphatic carbocycles. The summed E-state index contributed by atoms with van der Waals surface area (Å²) in [5, 5.41) is 10.6. The van der Waals surface area contributed by atoms with Gasteiger partial charge in [-0.1, -0.05) is 12.1 Å². The average Bonchev–Trinajstić information content (AvgIpc) is 2.41. The Morgan fingerprint density at radius 2 is 2.05 bits per heavy atom. The Bertz CT molecular complexity index is 617. The largest absolute Gasteiger partial charge is 0.456 e. The summed E-state index contributed by atoms with van der Waals surface area (Å²) in [6, 6.07) is 11.7. The zero-order valence-electron chi connectivity index (χ0n) is 9.88. The van der Waals surface area contributed by atoms with Crippen molar-refractivity contribution in [3.63, 3.8) is 0 Å². The van der Waals surface area contributed by atoms with Gasteiger partial charge >= 0.3 is 0 Å². The Balaban J connectivity index is 2.25. The lowest BCUT2D eigenvalue weighted by atomic mass is 10.2. The minimum absolute atomic E-state index is 0.00920. The first-order valence-electron chi connectivity index (χ1n) is 5.51. The van der Waals surface area contributed by atoms with Gasteiger partial charge in [0.15, 0.2) is 0 Å². The van der Waals surface area contributed by atoms with Crippen LogP contribution in [0.5, 0.6) is 11.5 Å². The Hall–Kier alpha value is -1.92. The molecule has 5 nitrogen and oxygen atoms in total. The number of halogens is 1. The van der Waals surface area contributed by atoms with Gasteiger partial charge in [0.25, 0.3) is 5.69 Å². The zero-order chi connectivity index (χ0) is 13.8. The van der Waals surface area contributed by atoms with Crippen molar-refractivity contribution in [1.29, 1.82) is 0 Å². The quantitative estimate of drug-likeness (QED) is 0.689. The summed E-state index contributed by atoms with van der Waals surface area (Å²) in [5.41, 5.74) is 6.52. The van der Waals surface area contributed by atoms with E-state index in [4.69, 9.17) is 10.5 Å². The lowest BCUT2D eigenvalue weighted by molar-refractivity contribution is -0.384. The second-order valence-electron chi connectivity index (χ2n) is 3.83. The third kappa shape index (κ3) is 3.30. The van der Waals surface area contributed by atoms with Crippen molar-refractivity contribution in [2.75, 3.05) is 0 Å². The number of rotatable bonds is 4. The fourth-order valence-electron chi connectivity index (χ4n) is 1.55. The van der Waals surface area contributed by atoms with Crippen LogP contribution in [0.1, 0.15) is 5.56 Å². The summed E-state index contributed by atoms with van der Waals surface area (Å²) in [7, 11) is 0. The molecular formula is C13H11BrN2O3. The molecule has 0 saturated heterocycles. The normalized spacial score (nSPS) is 10.2. The van der Waals surface area contributed by atoms with Gasteiger partial charge in [-0.05, 0) is 39.7 Å². The van der Waals surface area contributed by atoms with Crippen LogP contribution in [0, 0.1) is 10.1 Å². The molecule has 0 bridgehead atoms. The third-order valence-corrected chi connectivity index (χ3v) is 3.11. The third-order valence-electron chi connectivity index (χ3n) is 2.49. The minimum Gasteiger partial charge on any atom is -0.456 e. The number of ether oxygens (including phenoxy) is 1. The molecule has 98 valence electrons. The van der Waals surface area contributed by atoms with Crippen LogP contribution < -0.4 is 10.5 Å². The molecule has 0 heterocycles. The van der Waals surface area contributed by atoms with Crippen LogP contribution in [0.15, 0.2) is 46.9 Å². The first-order valence-corrected chi connectivity index (χ1v) is 6.30. The van der Waals surface area contributed by atoms with Crippen LogP contribution in [0.2, 0.25) is 0 Å². The number of nitrogens with zero attached hydrogens (tertiary/aromatic N) is 1. The molecule has 0 fully saturated rings. The molecule has 2 rings (SSSR count). The fraction of sp³-hybridized carbons (Fsp3) is 0.0769. The second kappa shape index (κ2) is 5.81. The summed E-state index contributed by atoms with van der Waals surface area (Å²) in [5.74, 6) is 1.15. The van der Waals surface area contributed by atoms with Crippen molar-refractivity contribution >= 4 is 21.6 Å². The molecule has 0 radical (unpaired) electrons. The first-order chi connectivity index (χ1) is 9.10. The predicted octanol–water partition coefficient (Wildman–Crippen LogP) is 3.61. The van der Waals surface area contributed by atoms with E-state index < -0.39 is 4.92 Å². The molecule has 0 aliphatic heterocycles. The van der Waals surface area contributed by atoms with Crippen LogP contribution in [0.4, 0.5) is 5.69 Å². The van der Waals surface area contributed by atoms with Crippen LogP contribution >= 0.6 is 15.9 Å². The van der Waals surface area contributed by atoms with Gasteiger partial charge in [-0.15, -0.1) is 0 Å². The highest BCUT2D eigenvalue weighted by Crippen LogP contribution is 2.32. The Morgan fingerprint density at radius 1 is 1.26 bits per heavy atom. The van der Waals surface area contributed by atoms with E-state index in [0.717, 1.165) is 5.56 Å². The molecule has 0 unspecified atom stereocenters. The van der Waals surface area contributed by atoms with Crippen LogP contribution in [-0.4, -0.2) is 4.92 Å². The van der Waals surface area contributed by atoms with Gasteiger partial charge in [-0.25, -0.2) is 0 Å². The van der Waals surface area contributed by atoms with Gasteiger partial charge in [0, 0.05) is 18.7 Å². The molecular weight excluding hydrogens is 312 g/mol. The van der Waals surface area contributed by atoms with Gasteiger partial charge in [-0.2, -0.15) is 0 Å². The Labute approximate surface area is 118 Å². The first kappa shape index (κ1) is 13.5. The van der Waals surface area contributed by atoms with Crippen molar-refractivity contribution in [2.24, 2.45) is 5.73 Å². The molecule has 6 heteroatoms. The highest BCUT2D eigenvalue weighted by atomic mass is 79.9. The van der Waals surface area contributed by atoms with E-state index in [1.807, 2.05) is 18.2 Å². The van der Waals surface area contributed by atoms with Crippen LogP contribution in [-0.2, 0) is 6.54 Å². The monoisotopic (exact) mass is 322 g/mol. The molecule has 0 saturated carbocycles. The van der Waals surface area contributed by atoms with Gasteiger partial charge in [0.2, 0.25) is 0 Å². The summed E-state index contributed by atoms with van der Waals surface area (Å²) < 4.78 is 6.19. The van der Waals surface area contributed by atoms with Gasteiger partial charge < -0.3 is 10.5 Å². The number of nitro groups is 1. The average molecular weight is 323 g/mol.